The molecule has 0 radical (unpaired) electrons. The fourth-order valence-electron chi connectivity index (χ4n) is 1.17. The predicted octanol–water partition coefficient (Wildman–Crippen LogP) is 1.41. The molecule has 0 fully saturated rings. The van der Waals surface area contributed by atoms with E-state index in [1.807, 2.05) is 11.9 Å². The molecule has 1 heterocycles. The second-order valence-corrected chi connectivity index (χ2v) is 3.32. The fraction of sp³-hybridized carbons (Fsp3) is 0.500. The molecule has 5 nitrogen and oxygen atoms in total. The normalized spacial score (nSPS) is 10.0. The first-order valence-electron chi connectivity index (χ1n) is 4.92. The van der Waals surface area contributed by atoms with E-state index in [1.165, 1.54) is 6.20 Å². The standard InChI is InChI=1S/C10H15N3O2/c1-3-4-7-13(2)8-5-6-11-9(12-8)10(14)15/h5-6H,3-4,7H2,1-2H3,(H,14,15). The first-order valence-corrected chi connectivity index (χ1v) is 4.92. The van der Waals surface area contributed by atoms with Crippen LogP contribution in [0.5, 0.6) is 0 Å². The lowest BCUT2D eigenvalue weighted by molar-refractivity contribution is 0.0683. The summed E-state index contributed by atoms with van der Waals surface area (Å²) in [5, 5.41) is 8.72. The van der Waals surface area contributed by atoms with Crippen LogP contribution in [0, 0.1) is 0 Å². The topological polar surface area (TPSA) is 66.3 Å². The molecule has 1 aromatic heterocycles. The van der Waals surface area contributed by atoms with Crippen LogP contribution in [0.2, 0.25) is 0 Å². The van der Waals surface area contributed by atoms with Crippen molar-refractivity contribution in [1.29, 1.82) is 0 Å². The van der Waals surface area contributed by atoms with E-state index in [2.05, 4.69) is 16.9 Å². The summed E-state index contributed by atoms with van der Waals surface area (Å²) in [4.78, 5) is 20.2. The Balaban J connectivity index is 2.76. The maximum Gasteiger partial charge on any atom is 0.374 e. The van der Waals surface area contributed by atoms with E-state index < -0.39 is 5.97 Å². The van der Waals surface area contributed by atoms with Crippen molar-refractivity contribution in [3.05, 3.63) is 18.1 Å². The van der Waals surface area contributed by atoms with Crippen LogP contribution in [0.3, 0.4) is 0 Å². The van der Waals surface area contributed by atoms with E-state index in [0.29, 0.717) is 5.82 Å². The molecule has 0 aromatic carbocycles. The minimum absolute atomic E-state index is 0.157. The van der Waals surface area contributed by atoms with E-state index in [1.54, 1.807) is 6.07 Å². The summed E-state index contributed by atoms with van der Waals surface area (Å²) in [6.45, 7) is 2.98. The SMILES string of the molecule is CCCCN(C)c1ccnc(C(=O)O)n1. The molecule has 15 heavy (non-hydrogen) atoms. The monoisotopic (exact) mass is 209 g/mol. The van der Waals surface area contributed by atoms with Gasteiger partial charge in [-0.15, -0.1) is 0 Å². The van der Waals surface area contributed by atoms with Crippen molar-refractivity contribution in [2.24, 2.45) is 0 Å². The molecule has 0 bridgehead atoms. The van der Waals surface area contributed by atoms with Crippen molar-refractivity contribution in [3.63, 3.8) is 0 Å². The number of aromatic carboxylic acids is 1. The van der Waals surface area contributed by atoms with Crippen LogP contribution in [0.4, 0.5) is 5.82 Å². The summed E-state index contributed by atoms with van der Waals surface area (Å²) in [6, 6.07) is 1.71. The Morgan fingerprint density at radius 3 is 2.93 bits per heavy atom. The third-order valence-corrected chi connectivity index (χ3v) is 2.07. The number of hydrogen-bond acceptors (Lipinski definition) is 4. The molecular formula is C10H15N3O2. The average Bonchev–Trinajstić information content (AvgIpc) is 2.26. The van der Waals surface area contributed by atoms with Gasteiger partial charge >= 0.3 is 5.97 Å². The van der Waals surface area contributed by atoms with Gasteiger partial charge in [0.15, 0.2) is 0 Å². The van der Waals surface area contributed by atoms with E-state index in [9.17, 15) is 4.79 Å². The van der Waals surface area contributed by atoms with Gasteiger partial charge in [-0.25, -0.2) is 14.8 Å². The van der Waals surface area contributed by atoms with E-state index in [0.717, 1.165) is 19.4 Å². The smallest absolute Gasteiger partial charge is 0.374 e. The van der Waals surface area contributed by atoms with Crippen molar-refractivity contribution in [2.75, 3.05) is 18.5 Å². The third-order valence-electron chi connectivity index (χ3n) is 2.07. The Bertz CT molecular complexity index is 341. The van der Waals surface area contributed by atoms with Crippen LogP contribution < -0.4 is 4.90 Å². The van der Waals surface area contributed by atoms with Gasteiger partial charge in [0.25, 0.3) is 0 Å². The average molecular weight is 209 g/mol. The Morgan fingerprint density at radius 1 is 1.60 bits per heavy atom. The van der Waals surface area contributed by atoms with Crippen LogP contribution in [0.1, 0.15) is 30.4 Å². The van der Waals surface area contributed by atoms with Crippen molar-refractivity contribution >= 4 is 11.8 Å². The molecule has 0 spiro atoms. The molecular weight excluding hydrogens is 194 g/mol. The maximum atomic E-state index is 10.6. The Labute approximate surface area is 88.8 Å². The lowest BCUT2D eigenvalue weighted by atomic mass is 10.3. The highest BCUT2D eigenvalue weighted by atomic mass is 16.4. The summed E-state index contributed by atoms with van der Waals surface area (Å²) >= 11 is 0. The summed E-state index contributed by atoms with van der Waals surface area (Å²) in [5.74, 6) is -0.604. The molecule has 0 aliphatic heterocycles. The first kappa shape index (κ1) is 11.4. The van der Waals surface area contributed by atoms with E-state index >= 15 is 0 Å². The summed E-state index contributed by atoms with van der Waals surface area (Å²) in [6.07, 6.45) is 3.62. The molecule has 0 aliphatic rings. The van der Waals surface area contributed by atoms with Crippen molar-refractivity contribution in [1.82, 2.24) is 9.97 Å². The van der Waals surface area contributed by atoms with Gasteiger partial charge in [0.05, 0.1) is 0 Å². The zero-order chi connectivity index (χ0) is 11.3. The number of rotatable bonds is 5. The van der Waals surface area contributed by atoms with Crippen molar-refractivity contribution < 1.29 is 9.90 Å². The number of aromatic nitrogens is 2. The largest absolute Gasteiger partial charge is 0.475 e. The Morgan fingerprint density at radius 2 is 2.33 bits per heavy atom. The number of unbranched alkanes of at least 4 members (excludes halogenated alkanes) is 1. The van der Waals surface area contributed by atoms with Crippen LogP contribution >= 0.6 is 0 Å². The van der Waals surface area contributed by atoms with Gasteiger partial charge < -0.3 is 10.0 Å². The minimum Gasteiger partial charge on any atom is -0.475 e. The van der Waals surface area contributed by atoms with Crippen LogP contribution in [0.15, 0.2) is 12.3 Å². The van der Waals surface area contributed by atoms with Crippen molar-refractivity contribution in [3.8, 4) is 0 Å². The van der Waals surface area contributed by atoms with Gasteiger partial charge in [-0.2, -0.15) is 0 Å². The fourth-order valence-corrected chi connectivity index (χ4v) is 1.17. The number of carboxylic acid groups (broad SMARTS) is 1. The molecule has 0 amide bonds. The van der Waals surface area contributed by atoms with E-state index in [4.69, 9.17) is 5.11 Å². The molecule has 82 valence electrons. The highest BCUT2D eigenvalue weighted by Crippen LogP contribution is 2.08. The van der Waals surface area contributed by atoms with Gasteiger partial charge in [0.1, 0.15) is 5.82 Å². The second kappa shape index (κ2) is 5.29. The predicted molar refractivity (Wildman–Crippen MR) is 57.2 cm³/mol. The molecule has 1 rings (SSSR count). The third kappa shape index (κ3) is 3.19. The molecule has 0 aliphatic carbocycles. The van der Waals surface area contributed by atoms with Gasteiger partial charge in [-0.3, -0.25) is 0 Å². The van der Waals surface area contributed by atoms with Gasteiger partial charge in [-0.1, -0.05) is 13.3 Å². The zero-order valence-corrected chi connectivity index (χ0v) is 8.97. The van der Waals surface area contributed by atoms with Gasteiger partial charge in [0.2, 0.25) is 5.82 Å². The lowest BCUT2D eigenvalue weighted by Crippen LogP contribution is -2.20. The zero-order valence-electron chi connectivity index (χ0n) is 8.97. The molecule has 0 unspecified atom stereocenters. The molecule has 0 saturated carbocycles. The molecule has 1 N–H and O–H groups in total. The number of carboxylic acids is 1. The van der Waals surface area contributed by atoms with Crippen LogP contribution in [-0.4, -0.2) is 34.6 Å². The first-order chi connectivity index (χ1) is 7.15. The quantitative estimate of drug-likeness (QED) is 0.794. The summed E-state index contributed by atoms with van der Waals surface area (Å²) in [5.41, 5.74) is 0. The van der Waals surface area contributed by atoms with Crippen LogP contribution in [-0.2, 0) is 0 Å². The van der Waals surface area contributed by atoms with Crippen LogP contribution in [0.25, 0.3) is 0 Å². The van der Waals surface area contributed by atoms with E-state index in [-0.39, 0.29) is 5.82 Å². The maximum absolute atomic E-state index is 10.6. The van der Waals surface area contributed by atoms with Crippen molar-refractivity contribution in [2.45, 2.75) is 19.8 Å². The van der Waals surface area contributed by atoms with Gasteiger partial charge in [-0.05, 0) is 12.5 Å². The Kier molecular flexibility index (Phi) is 4.03. The van der Waals surface area contributed by atoms with Gasteiger partial charge in [0, 0.05) is 19.8 Å². The number of hydrogen-bond donors (Lipinski definition) is 1. The molecule has 0 atom stereocenters. The highest BCUT2D eigenvalue weighted by molar-refractivity contribution is 5.83. The summed E-state index contributed by atoms with van der Waals surface area (Å²) in [7, 11) is 1.89. The number of nitrogens with zero attached hydrogens (tertiary/aromatic N) is 3. The Hall–Kier alpha value is -1.65. The molecule has 0 saturated heterocycles. The lowest BCUT2D eigenvalue weighted by Gasteiger charge is -2.17. The number of anilines is 1. The minimum atomic E-state index is -1.10. The molecule has 5 heteroatoms. The number of carbonyl (C=O) groups is 1. The molecule has 1 aromatic rings. The second-order valence-electron chi connectivity index (χ2n) is 3.32. The highest BCUT2D eigenvalue weighted by Gasteiger charge is 2.08. The summed E-state index contributed by atoms with van der Waals surface area (Å²) < 4.78 is 0.